The summed E-state index contributed by atoms with van der Waals surface area (Å²) < 4.78 is 5.30. The Morgan fingerprint density at radius 3 is 2.73 bits per heavy atom. The third-order valence-corrected chi connectivity index (χ3v) is 2.54. The third kappa shape index (κ3) is 2.57. The van der Waals surface area contributed by atoms with Gasteiger partial charge in [-0.25, -0.2) is 0 Å². The van der Waals surface area contributed by atoms with Crippen molar-refractivity contribution in [2.24, 2.45) is 0 Å². The molecule has 1 atom stereocenters. The van der Waals surface area contributed by atoms with E-state index in [2.05, 4.69) is 5.32 Å². The summed E-state index contributed by atoms with van der Waals surface area (Å²) in [6, 6.07) is 7.76. The lowest BCUT2D eigenvalue weighted by Gasteiger charge is -2.10. The highest BCUT2D eigenvalue weighted by molar-refractivity contribution is 5.94. The van der Waals surface area contributed by atoms with E-state index in [0.717, 1.165) is 18.5 Å². The van der Waals surface area contributed by atoms with Crippen molar-refractivity contribution in [3.8, 4) is 0 Å². The molecule has 1 N–H and O–H groups in total. The number of carbonyl (C=O) groups excluding carboxylic acids is 1. The zero-order valence-electron chi connectivity index (χ0n) is 8.82. The van der Waals surface area contributed by atoms with Crippen LogP contribution in [-0.4, -0.2) is 18.6 Å². The summed E-state index contributed by atoms with van der Waals surface area (Å²) in [7, 11) is 0. The van der Waals surface area contributed by atoms with Crippen LogP contribution in [-0.2, 0) is 9.53 Å². The molecule has 1 amide bonds. The number of hydrogen-bond donors (Lipinski definition) is 1. The lowest BCUT2D eigenvalue weighted by molar-refractivity contribution is -0.124. The predicted molar refractivity (Wildman–Crippen MR) is 58.8 cm³/mol. The average molecular weight is 205 g/mol. The van der Waals surface area contributed by atoms with Crippen LogP contribution in [0.3, 0.4) is 0 Å². The smallest absolute Gasteiger partial charge is 0.253 e. The summed E-state index contributed by atoms with van der Waals surface area (Å²) >= 11 is 0. The first-order valence-corrected chi connectivity index (χ1v) is 5.25. The van der Waals surface area contributed by atoms with E-state index in [0.29, 0.717) is 6.61 Å². The minimum atomic E-state index is -0.258. The first kappa shape index (κ1) is 10.2. The van der Waals surface area contributed by atoms with Gasteiger partial charge in [-0.2, -0.15) is 0 Å². The van der Waals surface area contributed by atoms with Gasteiger partial charge in [0.25, 0.3) is 5.91 Å². The largest absolute Gasteiger partial charge is 0.368 e. The molecular weight excluding hydrogens is 190 g/mol. The Kier molecular flexibility index (Phi) is 3.02. The molecule has 0 saturated carbocycles. The number of aryl methyl sites for hydroxylation is 1. The van der Waals surface area contributed by atoms with Crippen molar-refractivity contribution in [3.05, 3.63) is 29.8 Å². The molecule has 80 valence electrons. The van der Waals surface area contributed by atoms with Crippen LogP contribution in [0.15, 0.2) is 24.3 Å². The van der Waals surface area contributed by atoms with Crippen molar-refractivity contribution >= 4 is 11.6 Å². The number of amides is 1. The standard InChI is InChI=1S/C12H15NO2/c1-9-4-6-10(7-5-9)13-12(14)11-3-2-8-15-11/h4-7,11H,2-3,8H2,1H3,(H,13,14)/t11-/m0/s1. The van der Waals surface area contributed by atoms with Crippen LogP contribution in [0.1, 0.15) is 18.4 Å². The molecule has 1 fully saturated rings. The van der Waals surface area contributed by atoms with E-state index >= 15 is 0 Å². The van der Waals surface area contributed by atoms with Crippen molar-refractivity contribution in [2.75, 3.05) is 11.9 Å². The summed E-state index contributed by atoms with van der Waals surface area (Å²) in [5.74, 6) is -0.0312. The van der Waals surface area contributed by atoms with Crippen LogP contribution in [0.2, 0.25) is 0 Å². The van der Waals surface area contributed by atoms with E-state index in [9.17, 15) is 4.79 Å². The summed E-state index contributed by atoms with van der Waals surface area (Å²) in [5, 5.41) is 2.85. The van der Waals surface area contributed by atoms with Crippen LogP contribution in [0.5, 0.6) is 0 Å². The molecule has 1 heterocycles. The molecular formula is C12H15NO2. The number of nitrogens with one attached hydrogen (secondary N) is 1. The zero-order valence-corrected chi connectivity index (χ0v) is 8.82. The molecule has 0 aliphatic carbocycles. The van der Waals surface area contributed by atoms with Gasteiger partial charge in [0, 0.05) is 12.3 Å². The van der Waals surface area contributed by atoms with E-state index in [1.54, 1.807) is 0 Å². The number of carbonyl (C=O) groups is 1. The van der Waals surface area contributed by atoms with Crippen LogP contribution >= 0.6 is 0 Å². The number of hydrogen-bond acceptors (Lipinski definition) is 2. The maximum atomic E-state index is 11.7. The molecule has 1 aromatic carbocycles. The Bertz CT molecular complexity index is 339. The van der Waals surface area contributed by atoms with Gasteiger partial charge in [-0.15, -0.1) is 0 Å². The molecule has 0 unspecified atom stereocenters. The molecule has 0 spiro atoms. The van der Waals surface area contributed by atoms with Gasteiger partial charge in [0.1, 0.15) is 6.10 Å². The molecule has 3 nitrogen and oxygen atoms in total. The highest BCUT2D eigenvalue weighted by atomic mass is 16.5. The van der Waals surface area contributed by atoms with Crippen molar-refractivity contribution < 1.29 is 9.53 Å². The van der Waals surface area contributed by atoms with Crippen LogP contribution < -0.4 is 5.32 Å². The maximum absolute atomic E-state index is 11.7. The van der Waals surface area contributed by atoms with Crippen molar-refractivity contribution in [1.29, 1.82) is 0 Å². The normalized spacial score (nSPS) is 20.2. The minimum absolute atomic E-state index is 0.0312. The van der Waals surface area contributed by atoms with Gasteiger partial charge in [-0.3, -0.25) is 4.79 Å². The lowest BCUT2D eigenvalue weighted by atomic mass is 10.2. The van der Waals surface area contributed by atoms with E-state index in [4.69, 9.17) is 4.74 Å². The predicted octanol–water partition coefficient (Wildman–Crippen LogP) is 2.11. The molecule has 3 heteroatoms. The van der Waals surface area contributed by atoms with Gasteiger partial charge in [0.15, 0.2) is 0 Å². The monoisotopic (exact) mass is 205 g/mol. The fourth-order valence-corrected chi connectivity index (χ4v) is 1.64. The zero-order chi connectivity index (χ0) is 10.7. The second-order valence-electron chi connectivity index (χ2n) is 3.86. The number of rotatable bonds is 2. The number of benzene rings is 1. The molecule has 15 heavy (non-hydrogen) atoms. The molecule has 0 bridgehead atoms. The van der Waals surface area contributed by atoms with E-state index in [1.807, 2.05) is 31.2 Å². The third-order valence-electron chi connectivity index (χ3n) is 2.54. The van der Waals surface area contributed by atoms with Gasteiger partial charge in [-0.1, -0.05) is 17.7 Å². The van der Waals surface area contributed by atoms with Crippen LogP contribution in [0, 0.1) is 6.92 Å². The number of ether oxygens (including phenoxy) is 1. The van der Waals surface area contributed by atoms with Gasteiger partial charge < -0.3 is 10.1 Å². The van der Waals surface area contributed by atoms with Gasteiger partial charge in [0.2, 0.25) is 0 Å². The summed E-state index contributed by atoms with van der Waals surface area (Å²) in [5.41, 5.74) is 2.02. The molecule has 1 aliphatic rings. The minimum Gasteiger partial charge on any atom is -0.368 e. The van der Waals surface area contributed by atoms with Crippen molar-refractivity contribution in [3.63, 3.8) is 0 Å². The average Bonchev–Trinajstić information content (AvgIpc) is 2.74. The summed E-state index contributed by atoms with van der Waals surface area (Å²) in [4.78, 5) is 11.7. The fraction of sp³-hybridized carbons (Fsp3) is 0.417. The number of anilines is 1. The molecule has 1 aliphatic heterocycles. The van der Waals surface area contributed by atoms with Gasteiger partial charge in [0.05, 0.1) is 0 Å². The lowest BCUT2D eigenvalue weighted by Crippen LogP contribution is -2.26. The molecule has 0 aromatic heterocycles. The first-order valence-electron chi connectivity index (χ1n) is 5.25. The maximum Gasteiger partial charge on any atom is 0.253 e. The Balaban J connectivity index is 1.96. The Morgan fingerprint density at radius 2 is 2.13 bits per heavy atom. The Morgan fingerprint density at radius 1 is 1.40 bits per heavy atom. The Labute approximate surface area is 89.4 Å². The fourth-order valence-electron chi connectivity index (χ4n) is 1.64. The summed E-state index contributed by atoms with van der Waals surface area (Å²) in [6.07, 6.45) is 1.55. The van der Waals surface area contributed by atoms with E-state index < -0.39 is 0 Å². The Hall–Kier alpha value is -1.35. The van der Waals surface area contributed by atoms with Crippen molar-refractivity contribution in [1.82, 2.24) is 0 Å². The quantitative estimate of drug-likeness (QED) is 0.803. The molecule has 1 saturated heterocycles. The molecule has 1 aromatic rings. The van der Waals surface area contributed by atoms with E-state index in [-0.39, 0.29) is 12.0 Å². The molecule has 2 rings (SSSR count). The second kappa shape index (κ2) is 4.45. The van der Waals surface area contributed by atoms with Crippen LogP contribution in [0.25, 0.3) is 0 Å². The highest BCUT2D eigenvalue weighted by Crippen LogP contribution is 2.15. The second-order valence-corrected chi connectivity index (χ2v) is 3.86. The van der Waals surface area contributed by atoms with Gasteiger partial charge >= 0.3 is 0 Å². The summed E-state index contributed by atoms with van der Waals surface area (Å²) in [6.45, 7) is 2.72. The van der Waals surface area contributed by atoms with Gasteiger partial charge in [-0.05, 0) is 31.9 Å². The SMILES string of the molecule is Cc1ccc(NC(=O)[C@@H]2CCCO2)cc1. The topological polar surface area (TPSA) is 38.3 Å². The first-order chi connectivity index (χ1) is 7.25. The van der Waals surface area contributed by atoms with Crippen LogP contribution in [0.4, 0.5) is 5.69 Å². The van der Waals surface area contributed by atoms with E-state index in [1.165, 1.54) is 5.56 Å². The van der Waals surface area contributed by atoms with Crippen molar-refractivity contribution in [2.45, 2.75) is 25.9 Å². The highest BCUT2D eigenvalue weighted by Gasteiger charge is 2.23. The molecule has 0 radical (unpaired) electrons.